The van der Waals surface area contributed by atoms with Crippen LogP contribution in [0.25, 0.3) is 0 Å². The first-order valence-corrected chi connectivity index (χ1v) is 7.42. The molecular formula is C17H22FNO5. The molecule has 0 atom stereocenters. The molecule has 0 radical (unpaired) electrons. The Morgan fingerprint density at radius 3 is 1.83 bits per heavy atom. The first-order chi connectivity index (χ1) is 10.8. The molecule has 7 heteroatoms. The molecule has 0 N–H and O–H groups in total. The van der Waals surface area contributed by atoms with Gasteiger partial charge >= 0.3 is 11.9 Å². The van der Waals surface area contributed by atoms with Gasteiger partial charge in [0.05, 0.1) is 0 Å². The Bertz CT molecular complexity index is 615. The summed E-state index contributed by atoms with van der Waals surface area (Å²) in [4.78, 5) is 35.9. The highest BCUT2D eigenvalue weighted by Crippen LogP contribution is 2.32. The van der Waals surface area contributed by atoms with Crippen LogP contribution in [0.4, 0.5) is 10.1 Å². The third kappa shape index (κ3) is 5.72. The number of benzene rings is 1. The largest absolute Gasteiger partial charge is 0.459 e. The lowest BCUT2D eigenvalue weighted by atomic mass is 9.96. The summed E-state index contributed by atoms with van der Waals surface area (Å²) in [6.07, 6.45) is 0. The summed E-state index contributed by atoms with van der Waals surface area (Å²) in [6.45, 7) is 9.84. The fourth-order valence-electron chi connectivity index (χ4n) is 1.91. The van der Waals surface area contributed by atoms with Gasteiger partial charge in [-0.25, -0.2) is 4.39 Å². The molecule has 0 bridgehead atoms. The number of esters is 2. The van der Waals surface area contributed by atoms with Crippen molar-refractivity contribution in [3.63, 3.8) is 0 Å². The topological polar surface area (TPSA) is 82.0 Å². The number of carbonyl (C=O) groups is 2. The van der Waals surface area contributed by atoms with Crippen LogP contribution in [-0.2, 0) is 19.1 Å². The van der Waals surface area contributed by atoms with Crippen molar-refractivity contribution in [2.45, 2.75) is 58.7 Å². The maximum atomic E-state index is 13.3. The van der Waals surface area contributed by atoms with E-state index in [2.05, 4.69) is 5.18 Å². The second-order valence-corrected chi connectivity index (χ2v) is 7.29. The van der Waals surface area contributed by atoms with E-state index in [4.69, 9.17) is 9.47 Å². The van der Waals surface area contributed by atoms with E-state index in [1.165, 1.54) is 0 Å². The van der Waals surface area contributed by atoms with Gasteiger partial charge in [-0.05, 0) is 52.8 Å². The maximum Gasteiger partial charge on any atom is 0.325 e. The SMILES string of the molecule is CC(C)(C)OC(=O)C(C(=O)OC(C)(C)C)c1ccc(F)cc1N=O. The van der Waals surface area contributed by atoms with Gasteiger partial charge < -0.3 is 9.47 Å². The fourth-order valence-corrected chi connectivity index (χ4v) is 1.91. The third-order valence-electron chi connectivity index (χ3n) is 2.69. The Morgan fingerprint density at radius 2 is 1.46 bits per heavy atom. The van der Waals surface area contributed by atoms with Crippen LogP contribution >= 0.6 is 0 Å². The lowest BCUT2D eigenvalue weighted by Crippen LogP contribution is -2.35. The number of hydrogen-bond donors (Lipinski definition) is 0. The lowest BCUT2D eigenvalue weighted by molar-refractivity contribution is -0.169. The third-order valence-corrected chi connectivity index (χ3v) is 2.69. The summed E-state index contributed by atoms with van der Waals surface area (Å²) in [5.41, 5.74) is -2.12. The quantitative estimate of drug-likeness (QED) is 0.470. The molecule has 0 saturated heterocycles. The highest BCUT2D eigenvalue weighted by molar-refractivity contribution is 6.02. The van der Waals surface area contributed by atoms with Crippen molar-refractivity contribution in [1.82, 2.24) is 0 Å². The summed E-state index contributed by atoms with van der Waals surface area (Å²) < 4.78 is 23.8. The molecule has 0 aromatic heterocycles. The average Bonchev–Trinajstić information content (AvgIpc) is 2.36. The Morgan fingerprint density at radius 1 is 1.00 bits per heavy atom. The van der Waals surface area contributed by atoms with E-state index in [1.54, 1.807) is 41.5 Å². The minimum atomic E-state index is -1.53. The van der Waals surface area contributed by atoms with Gasteiger partial charge in [0.2, 0.25) is 0 Å². The zero-order chi connectivity index (χ0) is 18.7. The molecule has 0 fully saturated rings. The first-order valence-electron chi connectivity index (χ1n) is 7.42. The van der Waals surface area contributed by atoms with Crippen LogP contribution in [0.15, 0.2) is 23.4 Å². The summed E-state index contributed by atoms with van der Waals surface area (Å²) in [7, 11) is 0. The Balaban J connectivity index is 3.35. The molecule has 0 aliphatic rings. The molecule has 0 spiro atoms. The van der Waals surface area contributed by atoms with Crippen LogP contribution in [0.2, 0.25) is 0 Å². The number of halogens is 1. The van der Waals surface area contributed by atoms with Gasteiger partial charge in [-0.1, -0.05) is 6.07 Å². The number of ether oxygens (including phenoxy) is 2. The lowest BCUT2D eigenvalue weighted by Gasteiger charge is -2.26. The second-order valence-electron chi connectivity index (χ2n) is 7.29. The Kier molecular flexibility index (Phi) is 5.81. The Hall–Kier alpha value is -2.31. The highest BCUT2D eigenvalue weighted by atomic mass is 19.1. The van der Waals surface area contributed by atoms with E-state index < -0.39 is 34.9 Å². The van der Waals surface area contributed by atoms with Crippen LogP contribution in [0.5, 0.6) is 0 Å². The van der Waals surface area contributed by atoms with Gasteiger partial charge in [0.15, 0.2) is 5.92 Å². The molecule has 0 saturated carbocycles. The molecule has 6 nitrogen and oxygen atoms in total. The van der Waals surface area contributed by atoms with E-state index in [9.17, 15) is 18.9 Å². The second kappa shape index (κ2) is 7.07. The van der Waals surface area contributed by atoms with E-state index >= 15 is 0 Å². The average molecular weight is 339 g/mol. The molecular weight excluding hydrogens is 317 g/mol. The zero-order valence-electron chi connectivity index (χ0n) is 14.7. The summed E-state index contributed by atoms with van der Waals surface area (Å²) >= 11 is 0. The molecule has 0 amide bonds. The number of carbonyl (C=O) groups excluding carboxylic acids is 2. The molecule has 0 heterocycles. The monoisotopic (exact) mass is 339 g/mol. The number of rotatable bonds is 4. The van der Waals surface area contributed by atoms with Gasteiger partial charge in [-0.15, -0.1) is 4.91 Å². The van der Waals surface area contributed by atoms with E-state index in [1.807, 2.05) is 0 Å². The summed E-state index contributed by atoms with van der Waals surface area (Å²) in [5, 5.41) is 2.70. The highest BCUT2D eigenvalue weighted by Gasteiger charge is 2.38. The van der Waals surface area contributed by atoms with Crippen molar-refractivity contribution >= 4 is 17.6 Å². The van der Waals surface area contributed by atoms with Gasteiger partial charge in [0.25, 0.3) is 0 Å². The smallest absolute Gasteiger partial charge is 0.325 e. The van der Waals surface area contributed by atoms with Gasteiger partial charge in [0, 0.05) is 11.6 Å². The van der Waals surface area contributed by atoms with Crippen LogP contribution in [0.1, 0.15) is 53.0 Å². The van der Waals surface area contributed by atoms with Crippen LogP contribution in [0.3, 0.4) is 0 Å². The number of nitroso groups, excluding NO2 is 1. The summed E-state index contributed by atoms with van der Waals surface area (Å²) in [5.74, 6) is -4.03. The molecule has 132 valence electrons. The summed E-state index contributed by atoms with van der Waals surface area (Å²) in [6, 6.07) is 3.04. The van der Waals surface area contributed by atoms with Crippen molar-refractivity contribution in [2.24, 2.45) is 5.18 Å². The van der Waals surface area contributed by atoms with Crippen molar-refractivity contribution in [3.05, 3.63) is 34.5 Å². The van der Waals surface area contributed by atoms with Gasteiger partial charge in [-0.2, -0.15) is 0 Å². The van der Waals surface area contributed by atoms with E-state index in [0.717, 1.165) is 18.2 Å². The minimum absolute atomic E-state index is 0.0603. The van der Waals surface area contributed by atoms with Crippen LogP contribution < -0.4 is 0 Å². The Labute approximate surface area is 140 Å². The van der Waals surface area contributed by atoms with Crippen molar-refractivity contribution < 1.29 is 23.5 Å². The minimum Gasteiger partial charge on any atom is -0.459 e. The molecule has 0 aliphatic heterocycles. The first kappa shape index (κ1) is 19.7. The molecule has 1 aromatic rings. The van der Waals surface area contributed by atoms with Gasteiger partial charge in [-0.3, -0.25) is 9.59 Å². The zero-order valence-corrected chi connectivity index (χ0v) is 14.7. The molecule has 24 heavy (non-hydrogen) atoms. The number of hydrogen-bond acceptors (Lipinski definition) is 6. The standard InChI is InChI=1S/C17H22FNO5/c1-16(2,3)23-14(20)13(15(21)24-17(4,5)6)11-8-7-10(18)9-12(11)19-22/h7-9,13H,1-6H3. The molecule has 1 rings (SSSR count). The molecule has 1 aromatic carbocycles. The fraction of sp³-hybridized carbons (Fsp3) is 0.529. The van der Waals surface area contributed by atoms with E-state index in [-0.39, 0.29) is 11.3 Å². The predicted octanol–water partition coefficient (Wildman–Crippen LogP) is 3.99. The number of nitrogens with zero attached hydrogens (tertiary/aromatic N) is 1. The van der Waals surface area contributed by atoms with Crippen molar-refractivity contribution in [3.8, 4) is 0 Å². The maximum absolute atomic E-state index is 13.3. The van der Waals surface area contributed by atoms with Crippen LogP contribution in [-0.4, -0.2) is 23.1 Å². The molecule has 0 unspecified atom stereocenters. The van der Waals surface area contributed by atoms with Crippen molar-refractivity contribution in [2.75, 3.05) is 0 Å². The normalized spacial score (nSPS) is 12.0. The van der Waals surface area contributed by atoms with Crippen molar-refractivity contribution in [1.29, 1.82) is 0 Å². The van der Waals surface area contributed by atoms with Crippen LogP contribution in [0, 0.1) is 10.7 Å². The van der Waals surface area contributed by atoms with Gasteiger partial charge in [0.1, 0.15) is 22.7 Å². The van der Waals surface area contributed by atoms with E-state index in [0.29, 0.717) is 0 Å². The molecule has 0 aliphatic carbocycles. The predicted molar refractivity (Wildman–Crippen MR) is 86.3 cm³/mol.